The summed E-state index contributed by atoms with van der Waals surface area (Å²) in [5, 5.41) is 0. The van der Waals surface area contributed by atoms with Crippen LogP contribution < -0.4 is 0 Å². The maximum Gasteiger partial charge on any atom is 0.414 e. The molecule has 0 fully saturated rings. The number of rotatable bonds is 2. The van der Waals surface area contributed by atoms with Crippen LogP contribution in [0.4, 0.5) is 26.3 Å². The number of alkyl halides is 6. The molecule has 1 aromatic carbocycles. The highest BCUT2D eigenvalue weighted by molar-refractivity contribution is 5.72. The molecule has 0 saturated heterocycles. The Bertz CT molecular complexity index is 377. The molecule has 0 unspecified atom stereocenters. The summed E-state index contributed by atoms with van der Waals surface area (Å²) in [5.41, 5.74) is -5.80. The van der Waals surface area contributed by atoms with Crippen LogP contribution in [0.2, 0.25) is 0 Å². The van der Waals surface area contributed by atoms with E-state index < -0.39 is 23.3 Å². The van der Waals surface area contributed by atoms with Gasteiger partial charge in [-0.25, -0.2) is 0 Å². The molecule has 0 amide bonds. The van der Waals surface area contributed by atoms with Crippen LogP contribution in [0.3, 0.4) is 0 Å². The van der Waals surface area contributed by atoms with Crippen molar-refractivity contribution < 1.29 is 31.1 Å². The maximum absolute atomic E-state index is 12.6. The van der Waals surface area contributed by atoms with Crippen LogP contribution >= 0.6 is 0 Å². The molecule has 93 valence electrons. The summed E-state index contributed by atoms with van der Waals surface area (Å²) in [4.78, 5) is 10.4. The first-order valence-corrected chi connectivity index (χ1v) is 4.25. The Morgan fingerprint density at radius 1 is 0.824 bits per heavy atom. The van der Waals surface area contributed by atoms with Gasteiger partial charge in [0.15, 0.2) is 0 Å². The minimum absolute atomic E-state index is 0.112. The second-order valence-corrected chi connectivity index (χ2v) is 3.21. The lowest BCUT2D eigenvalue weighted by Gasteiger charge is -2.31. The molecule has 1 nitrogen and oxygen atoms in total. The summed E-state index contributed by atoms with van der Waals surface area (Å²) >= 11 is 0. The van der Waals surface area contributed by atoms with E-state index in [2.05, 4.69) is 0 Å². The van der Waals surface area contributed by atoms with E-state index in [-0.39, 0.29) is 6.29 Å². The van der Waals surface area contributed by atoms with Crippen LogP contribution in [0.25, 0.3) is 0 Å². The maximum atomic E-state index is 12.6. The van der Waals surface area contributed by atoms with Gasteiger partial charge in [0.25, 0.3) is 5.41 Å². The van der Waals surface area contributed by atoms with Gasteiger partial charge >= 0.3 is 12.4 Å². The molecular formula is C10H5F6O. The molecule has 0 saturated carbocycles. The summed E-state index contributed by atoms with van der Waals surface area (Å²) < 4.78 is 75.4. The third kappa shape index (κ3) is 2.01. The zero-order valence-corrected chi connectivity index (χ0v) is 8.06. The van der Waals surface area contributed by atoms with E-state index in [0.717, 1.165) is 12.1 Å². The standard InChI is InChI=1S/C10H5F6O/c11-9(12,13)8(6-17,10(14,15)16)7-4-2-1-3-5-7/h1-5H. The number of benzene rings is 1. The third-order valence-electron chi connectivity index (χ3n) is 2.21. The molecule has 0 heterocycles. The quantitative estimate of drug-likeness (QED) is 0.742. The molecule has 17 heavy (non-hydrogen) atoms. The number of halogens is 6. The zero-order valence-electron chi connectivity index (χ0n) is 8.06. The van der Waals surface area contributed by atoms with Gasteiger partial charge < -0.3 is 0 Å². The normalized spacial score (nSPS) is 13.5. The van der Waals surface area contributed by atoms with Crippen LogP contribution in [0.1, 0.15) is 5.56 Å². The van der Waals surface area contributed by atoms with Crippen molar-refractivity contribution in [3.05, 3.63) is 35.9 Å². The van der Waals surface area contributed by atoms with Crippen molar-refractivity contribution in [1.29, 1.82) is 0 Å². The topological polar surface area (TPSA) is 17.1 Å². The minimum Gasteiger partial charge on any atom is -0.289 e. The molecule has 0 aromatic heterocycles. The lowest BCUT2D eigenvalue weighted by atomic mass is 9.80. The lowest BCUT2D eigenvalue weighted by Crippen LogP contribution is -2.55. The SMILES string of the molecule is O=[C]C(c1ccccc1)(C(F)(F)F)C(F)(F)F. The van der Waals surface area contributed by atoms with Gasteiger partial charge in [0, 0.05) is 0 Å². The van der Waals surface area contributed by atoms with Crippen LogP contribution in [-0.2, 0) is 10.2 Å². The summed E-state index contributed by atoms with van der Waals surface area (Å²) in [7, 11) is 0. The van der Waals surface area contributed by atoms with Crippen molar-refractivity contribution in [2.75, 3.05) is 0 Å². The molecule has 0 N–H and O–H groups in total. The van der Waals surface area contributed by atoms with Crippen LogP contribution in [-0.4, -0.2) is 18.6 Å². The summed E-state index contributed by atoms with van der Waals surface area (Å²) in [6, 6.07) is 4.39. The zero-order chi connectivity index (χ0) is 13.3. The van der Waals surface area contributed by atoms with Gasteiger partial charge in [-0.3, -0.25) is 4.79 Å². The molecule has 1 aromatic rings. The molecule has 0 spiro atoms. The molecule has 0 aliphatic rings. The van der Waals surface area contributed by atoms with Gasteiger partial charge in [0.05, 0.1) is 0 Å². The fourth-order valence-electron chi connectivity index (χ4n) is 1.35. The van der Waals surface area contributed by atoms with Crippen LogP contribution in [0.5, 0.6) is 0 Å². The predicted octanol–water partition coefficient (Wildman–Crippen LogP) is 3.16. The van der Waals surface area contributed by atoms with Crippen LogP contribution in [0.15, 0.2) is 30.3 Å². The molecule has 0 atom stereocenters. The van der Waals surface area contributed by atoms with E-state index in [0.29, 0.717) is 12.1 Å². The second kappa shape index (κ2) is 4.05. The van der Waals surface area contributed by atoms with Crippen molar-refractivity contribution in [2.24, 2.45) is 0 Å². The molecule has 1 radical (unpaired) electrons. The first kappa shape index (κ1) is 13.5. The first-order chi connectivity index (χ1) is 7.67. The van der Waals surface area contributed by atoms with E-state index in [9.17, 15) is 31.1 Å². The molecule has 1 rings (SSSR count). The van der Waals surface area contributed by atoms with E-state index in [1.807, 2.05) is 0 Å². The van der Waals surface area contributed by atoms with E-state index in [1.165, 1.54) is 6.07 Å². The Labute approximate surface area is 92.0 Å². The van der Waals surface area contributed by atoms with Crippen molar-refractivity contribution in [1.82, 2.24) is 0 Å². The van der Waals surface area contributed by atoms with E-state index in [4.69, 9.17) is 0 Å². The first-order valence-electron chi connectivity index (χ1n) is 4.25. The van der Waals surface area contributed by atoms with Gasteiger partial charge in [-0.15, -0.1) is 0 Å². The van der Waals surface area contributed by atoms with Crippen LogP contribution in [0, 0.1) is 0 Å². The second-order valence-electron chi connectivity index (χ2n) is 3.21. The van der Waals surface area contributed by atoms with Crippen molar-refractivity contribution in [2.45, 2.75) is 17.8 Å². The summed E-state index contributed by atoms with van der Waals surface area (Å²) in [6.07, 6.45) is -11.5. The average Bonchev–Trinajstić information content (AvgIpc) is 2.16. The van der Waals surface area contributed by atoms with E-state index in [1.54, 1.807) is 0 Å². The van der Waals surface area contributed by atoms with Gasteiger partial charge in [-0.2, -0.15) is 26.3 Å². The Morgan fingerprint density at radius 2 is 1.24 bits per heavy atom. The van der Waals surface area contributed by atoms with Gasteiger partial charge in [0.2, 0.25) is 6.29 Å². The Morgan fingerprint density at radius 3 is 1.53 bits per heavy atom. The third-order valence-corrected chi connectivity index (χ3v) is 2.21. The molecule has 0 bridgehead atoms. The minimum atomic E-state index is -5.80. The monoisotopic (exact) mass is 255 g/mol. The number of hydrogen-bond donors (Lipinski definition) is 0. The highest BCUT2D eigenvalue weighted by Crippen LogP contribution is 2.50. The smallest absolute Gasteiger partial charge is 0.289 e. The molecule has 7 heteroatoms. The Hall–Kier alpha value is -1.53. The Kier molecular flexibility index (Phi) is 3.22. The number of carbonyl (C=O) groups excluding carboxylic acids is 1. The fourth-order valence-corrected chi connectivity index (χ4v) is 1.35. The largest absolute Gasteiger partial charge is 0.414 e. The molecular weight excluding hydrogens is 250 g/mol. The lowest BCUT2D eigenvalue weighted by molar-refractivity contribution is -0.278. The Balaban J connectivity index is 3.55. The highest BCUT2D eigenvalue weighted by atomic mass is 19.4. The van der Waals surface area contributed by atoms with Gasteiger partial charge in [0.1, 0.15) is 0 Å². The van der Waals surface area contributed by atoms with E-state index >= 15 is 0 Å². The van der Waals surface area contributed by atoms with Crippen molar-refractivity contribution in [3.63, 3.8) is 0 Å². The number of hydrogen-bond acceptors (Lipinski definition) is 1. The van der Waals surface area contributed by atoms with Crippen molar-refractivity contribution in [3.8, 4) is 0 Å². The van der Waals surface area contributed by atoms with Crippen molar-refractivity contribution >= 4 is 6.29 Å². The summed E-state index contributed by atoms with van der Waals surface area (Å²) in [5.74, 6) is 0. The molecule has 0 aliphatic heterocycles. The van der Waals surface area contributed by atoms with Gasteiger partial charge in [-0.1, -0.05) is 30.3 Å². The summed E-state index contributed by atoms with van der Waals surface area (Å²) in [6.45, 7) is 0. The highest BCUT2D eigenvalue weighted by Gasteiger charge is 2.72. The fraction of sp³-hybridized carbons (Fsp3) is 0.300. The van der Waals surface area contributed by atoms with Gasteiger partial charge in [-0.05, 0) is 5.56 Å². The predicted molar refractivity (Wildman–Crippen MR) is 45.9 cm³/mol. The average molecular weight is 255 g/mol. The molecule has 0 aliphatic carbocycles.